The van der Waals surface area contributed by atoms with Crippen LogP contribution in [0, 0.1) is 0 Å². The van der Waals surface area contributed by atoms with Crippen molar-refractivity contribution in [3.63, 3.8) is 0 Å². The van der Waals surface area contributed by atoms with Crippen molar-refractivity contribution in [1.82, 2.24) is 10.4 Å². The number of rotatable bonds is 5. The molecule has 0 atom stereocenters. The molecule has 3 rings (SSSR count). The summed E-state index contributed by atoms with van der Waals surface area (Å²) in [5, 5.41) is 11.0. The second-order valence-electron chi connectivity index (χ2n) is 5.60. The minimum Gasteiger partial charge on any atom is -0.504 e. The molecule has 0 aliphatic carbocycles. The number of thiocarbonyl (C=S) groups is 1. The monoisotopic (exact) mass is 478 g/mol. The number of thioether (sulfide) groups is 1. The lowest BCUT2D eigenvalue weighted by atomic mass is 10.2. The van der Waals surface area contributed by atoms with Gasteiger partial charge in [0.1, 0.15) is 0 Å². The fourth-order valence-electron chi connectivity index (χ4n) is 2.40. The number of nitrogens with zero attached hydrogens (tertiary/aromatic N) is 1. The zero-order valence-electron chi connectivity index (χ0n) is 14.6. The van der Waals surface area contributed by atoms with Gasteiger partial charge in [0.15, 0.2) is 15.8 Å². The van der Waals surface area contributed by atoms with Gasteiger partial charge in [-0.05, 0) is 55.0 Å². The number of carbonyl (C=O) groups excluding carboxylic acids is 2. The van der Waals surface area contributed by atoms with Crippen LogP contribution in [0.15, 0.2) is 51.8 Å². The first-order valence-electron chi connectivity index (χ1n) is 8.20. The van der Waals surface area contributed by atoms with Crippen LogP contribution in [0.25, 0.3) is 6.08 Å². The molecule has 1 aliphatic rings. The van der Waals surface area contributed by atoms with Crippen LogP contribution in [0.2, 0.25) is 0 Å². The summed E-state index contributed by atoms with van der Waals surface area (Å²) in [5.74, 6) is -0.557. The topological polar surface area (TPSA) is 78.9 Å². The van der Waals surface area contributed by atoms with Crippen molar-refractivity contribution in [2.45, 2.75) is 6.92 Å². The molecule has 1 fully saturated rings. The molecule has 0 saturated carbocycles. The van der Waals surface area contributed by atoms with Crippen molar-refractivity contribution in [3.8, 4) is 11.5 Å². The third-order valence-electron chi connectivity index (χ3n) is 3.71. The van der Waals surface area contributed by atoms with Gasteiger partial charge in [-0.3, -0.25) is 15.0 Å². The number of carbonyl (C=O) groups is 2. The number of amides is 2. The molecule has 6 nitrogen and oxygen atoms in total. The van der Waals surface area contributed by atoms with Crippen molar-refractivity contribution in [1.29, 1.82) is 0 Å². The highest BCUT2D eigenvalue weighted by atomic mass is 79.9. The van der Waals surface area contributed by atoms with E-state index in [1.165, 1.54) is 6.07 Å². The Balaban J connectivity index is 1.83. The number of aromatic hydroxyl groups is 1. The largest absolute Gasteiger partial charge is 0.504 e. The van der Waals surface area contributed by atoms with E-state index in [4.69, 9.17) is 17.0 Å². The van der Waals surface area contributed by atoms with Crippen molar-refractivity contribution < 1.29 is 19.4 Å². The molecule has 0 spiro atoms. The predicted molar refractivity (Wildman–Crippen MR) is 116 cm³/mol. The Hall–Kier alpha value is -2.36. The molecule has 1 heterocycles. The van der Waals surface area contributed by atoms with Gasteiger partial charge < -0.3 is 9.84 Å². The second kappa shape index (κ2) is 8.76. The molecular weight excluding hydrogens is 464 g/mol. The molecule has 2 amide bonds. The van der Waals surface area contributed by atoms with Gasteiger partial charge in [0.25, 0.3) is 11.8 Å². The van der Waals surface area contributed by atoms with Gasteiger partial charge in [-0.1, -0.05) is 45.9 Å². The fourth-order valence-corrected chi connectivity index (χ4v) is 4.02. The number of halogens is 1. The number of ether oxygens (including phenoxy) is 1. The van der Waals surface area contributed by atoms with Crippen molar-refractivity contribution in [2.75, 3.05) is 6.61 Å². The molecule has 1 aliphatic heterocycles. The number of hydrogen-bond donors (Lipinski definition) is 2. The van der Waals surface area contributed by atoms with Crippen molar-refractivity contribution in [2.24, 2.45) is 0 Å². The molecule has 1 saturated heterocycles. The van der Waals surface area contributed by atoms with Crippen molar-refractivity contribution >= 4 is 62.1 Å². The summed E-state index contributed by atoms with van der Waals surface area (Å²) in [6, 6.07) is 11.7. The average Bonchev–Trinajstić information content (AvgIpc) is 2.93. The van der Waals surface area contributed by atoms with E-state index in [1.54, 1.807) is 42.5 Å². The van der Waals surface area contributed by atoms with Crippen molar-refractivity contribution in [3.05, 3.63) is 63.0 Å². The third-order valence-corrected chi connectivity index (χ3v) is 5.70. The average molecular weight is 479 g/mol. The Morgan fingerprint density at radius 1 is 1.36 bits per heavy atom. The van der Waals surface area contributed by atoms with Crippen LogP contribution in [0.1, 0.15) is 22.8 Å². The van der Waals surface area contributed by atoms with E-state index in [0.29, 0.717) is 32.9 Å². The standard InChI is InChI=1S/C19H15BrN2O4S2/c1-2-26-15-8-12(13(20)10-14(15)23)9-16-18(25)22(19(27)28-16)21-17(24)11-6-4-3-5-7-11/h3-10,23H,2H2,1H3,(H,21,24). The van der Waals surface area contributed by atoms with E-state index in [0.717, 1.165) is 16.8 Å². The molecule has 2 N–H and O–H groups in total. The third kappa shape index (κ3) is 4.37. The fraction of sp³-hybridized carbons (Fsp3) is 0.105. The van der Waals surface area contributed by atoms with Gasteiger partial charge in [-0.25, -0.2) is 0 Å². The molecule has 0 bridgehead atoms. The normalized spacial score (nSPS) is 15.2. The van der Waals surface area contributed by atoms with E-state index < -0.39 is 11.8 Å². The molecule has 2 aromatic carbocycles. The molecule has 2 aromatic rings. The highest BCUT2D eigenvalue weighted by Gasteiger charge is 2.34. The van der Waals surface area contributed by atoms with Gasteiger partial charge in [-0.15, -0.1) is 0 Å². The quantitative estimate of drug-likeness (QED) is 0.497. The van der Waals surface area contributed by atoms with E-state index in [-0.39, 0.29) is 10.1 Å². The molecule has 28 heavy (non-hydrogen) atoms. The predicted octanol–water partition coefficient (Wildman–Crippen LogP) is 4.10. The number of phenolic OH excluding ortho intramolecular Hbond substituents is 1. The van der Waals surface area contributed by atoms with Crippen LogP contribution in [-0.2, 0) is 4.79 Å². The Labute approximate surface area is 179 Å². The highest BCUT2D eigenvalue weighted by molar-refractivity contribution is 9.10. The van der Waals surface area contributed by atoms with E-state index in [1.807, 2.05) is 6.92 Å². The SMILES string of the molecule is CCOc1cc(C=C2SC(=S)N(NC(=O)c3ccccc3)C2=O)c(Br)cc1O. The highest BCUT2D eigenvalue weighted by Crippen LogP contribution is 2.37. The minimum atomic E-state index is -0.433. The molecule has 144 valence electrons. The lowest BCUT2D eigenvalue weighted by Gasteiger charge is -2.15. The van der Waals surface area contributed by atoms with E-state index in [2.05, 4.69) is 21.4 Å². The molecule has 0 radical (unpaired) electrons. The van der Waals surface area contributed by atoms with Gasteiger partial charge in [-0.2, -0.15) is 5.01 Å². The van der Waals surface area contributed by atoms with Crippen LogP contribution in [0.4, 0.5) is 0 Å². The molecular formula is C19H15BrN2O4S2. The zero-order chi connectivity index (χ0) is 20.3. The summed E-state index contributed by atoms with van der Waals surface area (Å²) in [4.78, 5) is 25.4. The summed E-state index contributed by atoms with van der Waals surface area (Å²) in [6.45, 7) is 2.20. The molecule has 0 aromatic heterocycles. The van der Waals surface area contributed by atoms with Gasteiger partial charge >= 0.3 is 0 Å². The van der Waals surface area contributed by atoms with Crippen LogP contribution >= 0.6 is 39.9 Å². The van der Waals surface area contributed by atoms with Gasteiger partial charge in [0, 0.05) is 10.0 Å². The maximum absolute atomic E-state index is 12.7. The smallest absolute Gasteiger partial charge is 0.285 e. The molecule has 9 heteroatoms. The summed E-state index contributed by atoms with van der Waals surface area (Å²) in [5.41, 5.74) is 3.59. The van der Waals surface area contributed by atoms with Gasteiger partial charge in [0.2, 0.25) is 0 Å². The summed E-state index contributed by atoms with van der Waals surface area (Å²) >= 11 is 9.68. The van der Waals surface area contributed by atoms with E-state index in [9.17, 15) is 14.7 Å². The maximum Gasteiger partial charge on any atom is 0.285 e. The summed E-state index contributed by atoms with van der Waals surface area (Å²) in [7, 11) is 0. The lowest BCUT2D eigenvalue weighted by molar-refractivity contribution is -0.123. The van der Waals surface area contributed by atoms with Gasteiger partial charge in [0.05, 0.1) is 11.5 Å². The Morgan fingerprint density at radius 2 is 2.07 bits per heavy atom. The second-order valence-corrected chi connectivity index (χ2v) is 8.13. The summed E-state index contributed by atoms with van der Waals surface area (Å²) in [6.07, 6.45) is 1.63. The first kappa shape index (κ1) is 20.4. The van der Waals surface area contributed by atoms with E-state index >= 15 is 0 Å². The van der Waals surface area contributed by atoms with Crippen LogP contribution < -0.4 is 10.2 Å². The number of hydrogen-bond acceptors (Lipinski definition) is 6. The number of benzene rings is 2. The van der Waals surface area contributed by atoms with Crippen LogP contribution in [0.3, 0.4) is 0 Å². The number of nitrogens with one attached hydrogen (secondary N) is 1. The van der Waals surface area contributed by atoms with Crippen LogP contribution in [0.5, 0.6) is 11.5 Å². The molecule has 0 unspecified atom stereocenters. The van der Waals surface area contributed by atoms with Crippen LogP contribution in [-0.4, -0.2) is 32.9 Å². The lowest BCUT2D eigenvalue weighted by Crippen LogP contribution is -2.44. The first-order valence-corrected chi connectivity index (χ1v) is 10.2. The number of phenols is 1. The Bertz CT molecular complexity index is 979. The minimum absolute atomic E-state index is 0.00597. The first-order chi connectivity index (χ1) is 13.4. The number of hydrazine groups is 1. The Morgan fingerprint density at radius 3 is 2.75 bits per heavy atom. The summed E-state index contributed by atoms with van der Waals surface area (Å²) < 4.78 is 6.19. The maximum atomic E-state index is 12.7. The zero-order valence-corrected chi connectivity index (χ0v) is 17.9. The Kier molecular flexibility index (Phi) is 6.38.